The fourth-order valence-corrected chi connectivity index (χ4v) is 4.23. The molecule has 1 aromatic heterocycles. The van der Waals surface area contributed by atoms with Gasteiger partial charge >= 0.3 is 6.18 Å². The second-order valence-corrected chi connectivity index (χ2v) is 8.26. The van der Waals surface area contributed by atoms with Crippen molar-refractivity contribution in [3.63, 3.8) is 0 Å². The van der Waals surface area contributed by atoms with Gasteiger partial charge in [0.2, 0.25) is 5.91 Å². The van der Waals surface area contributed by atoms with E-state index in [1.54, 1.807) is 12.1 Å². The molecule has 1 saturated carbocycles. The Labute approximate surface area is 166 Å². The molecule has 8 heteroatoms. The number of aliphatic hydroxyl groups is 1. The van der Waals surface area contributed by atoms with Gasteiger partial charge in [0.1, 0.15) is 6.10 Å². The predicted molar refractivity (Wildman–Crippen MR) is 103 cm³/mol. The van der Waals surface area contributed by atoms with Gasteiger partial charge in [-0.25, -0.2) is 0 Å². The van der Waals surface area contributed by atoms with E-state index in [9.17, 15) is 23.1 Å². The number of alkyl halides is 3. The monoisotopic (exact) mass is 407 g/mol. The van der Waals surface area contributed by atoms with Gasteiger partial charge in [-0.15, -0.1) is 0 Å². The van der Waals surface area contributed by atoms with Crippen molar-refractivity contribution >= 4 is 22.5 Å². The van der Waals surface area contributed by atoms with Crippen LogP contribution in [0.25, 0.3) is 10.9 Å². The summed E-state index contributed by atoms with van der Waals surface area (Å²) >= 11 is 0. The maximum absolute atomic E-state index is 13.4. The van der Waals surface area contributed by atoms with E-state index in [0.717, 1.165) is 25.3 Å². The third-order valence-electron chi connectivity index (χ3n) is 5.74. The number of piperidine rings is 1. The summed E-state index contributed by atoms with van der Waals surface area (Å²) in [7, 11) is 0. The quantitative estimate of drug-likeness (QED) is 0.816. The number of amides is 1. The van der Waals surface area contributed by atoms with Gasteiger partial charge in [-0.3, -0.25) is 9.78 Å². The van der Waals surface area contributed by atoms with Gasteiger partial charge in [0.05, 0.1) is 11.1 Å². The molecule has 2 heterocycles. The minimum Gasteiger partial charge on any atom is -0.383 e. The lowest BCUT2D eigenvalue weighted by atomic mass is 9.94. The van der Waals surface area contributed by atoms with Gasteiger partial charge in [-0.05, 0) is 55.4 Å². The number of halogens is 3. The lowest BCUT2D eigenvalue weighted by molar-refractivity contribution is -0.136. The number of anilines is 1. The Balaban J connectivity index is 1.60. The summed E-state index contributed by atoms with van der Waals surface area (Å²) in [5.41, 5.74) is -0.144. The SMILES string of the molecule is C[C@@H]1C[C@@H](NC(=O)C(O)C2CC2)CN(c2ccc(C(F)(F)F)c3ncccc23)C1. The largest absolute Gasteiger partial charge is 0.418 e. The van der Waals surface area contributed by atoms with Crippen LogP contribution in [0, 0.1) is 11.8 Å². The normalized spacial score (nSPS) is 23.8. The average molecular weight is 407 g/mol. The number of fused-ring (bicyclic) bond motifs is 1. The van der Waals surface area contributed by atoms with E-state index < -0.39 is 17.8 Å². The molecule has 1 saturated heterocycles. The molecule has 1 amide bonds. The van der Waals surface area contributed by atoms with Crippen molar-refractivity contribution in [1.29, 1.82) is 0 Å². The highest BCUT2D eigenvalue weighted by Gasteiger charge is 2.37. The van der Waals surface area contributed by atoms with E-state index in [1.807, 2.05) is 11.8 Å². The van der Waals surface area contributed by atoms with Gasteiger partial charge < -0.3 is 15.3 Å². The Kier molecular flexibility index (Phi) is 5.14. The molecular formula is C21H24F3N3O2. The van der Waals surface area contributed by atoms with E-state index in [0.29, 0.717) is 24.2 Å². The molecule has 1 aliphatic heterocycles. The smallest absolute Gasteiger partial charge is 0.383 e. The number of hydrogen-bond acceptors (Lipinski definition) is 4. The van der Waals surface area contributed by atoms with Crippen molar-refractivity contribution < 1.29 is 23.1 Å². The molecule has 2 aromatic rings. The van der Waals surface area contributed by atoms with Gasteiger partial charge in [0.25, 0.3) is 0 Å². The number of rotatable bonds is 4. The lowest BCUT2D eigenvalue weighted by Crippen LogP contribution is -2.52. The maximum atomic E-state index is 13.4. The van der Waals surface area contributed by atoms with Crippen LogP contribution >= 0.6 is 0 Å². The van der Waals surface area contributed by atoms with Crippen LogP contribution in [0.2, 0.25) is 0 Å². The van der Waals surface area contributed by atoms with Crippen molar-refractivity contribution in [3.8, 4) is 0 Å². The summed E-state index contributed by atoms with van der Waals surface area (Å²) < 4.78 is 40.1. The van der Waals surface area contributed by atoms with E-state index in [-0.39, 0.29) is 29.3 Å². The van der Waals surface area contributed by atoms with Crippen LogP contribution in [-0.4, -0.2) is 41.2 Å². The Bertz CT molecular complexity index is 914. The first-order valence-electron chi connectivity index (χ1n) is 9.92. The molecule has 29 heavy (non-hydrogen) atoms. The van der Waals surface area contributed by atoms with Gasteiger partial charge in [-0.2, -0.15) is 13.2 Å². The minimum absolute atomic E-state index is 0.0528. The van der Waals surface area contributed by atoms with Gasteiger partial charge in [0.15, 0.2) is 0 Å². The van der Waals surface area contributed by atoms with Crippen molar-refractivity contribution in [3.05, 3.63) is 36.0 Å². The summed E-state index contributed by atoms with van der Waals surface area (Å²) in [4.78, 5) is 18.3. The second kappa shape index (κ2) is 7.48. The summed E-state index contributed by atoms with van der Waals surface area (Å²) in [5, 5.41) is 13.4. The molecular weight excluding hydrogens is 383 g/mol. The van der Waals surface area contributed by atoms with Crippen LogP contribution < -0.4 is 10.2 Å². The third-order valence-corrected chi connectivity index (χ3v) is 5.74. The van der Waals surface area contributed by atoms with Crippen LogP contribution in [-0.2, 0) is 11.0 Å². The van der Waals surface area contributed by atoms with Crippen molar-refractivity contribution in [2.45, 2.75) is 44.5 Å². The topological polar surface area (TPSA) is 65.5 Å². The molecule has 2 fully saturated rings. The third kappa shape index (κ3) is 4.17. The predicted octanol–water partition coefficient (Wildman–Crippen LogP) is 3.36. The number of aliphatic hydroxyl groups excluding tert-OH is 1. The summed E-state index contributed by atoms with van der Waals surface area (Å²) in [5.74, 6) is -0.0660. The zero-order chi connectivity index (χ0) is 20.8. The molecule has 0 bridgehead atoms. The highest BCUT2D eigenvalue weighted by Crippen LogP contribution is 2.38. The first-order valence-corrected chi connectivity index (χ1v) is 9.92. The zero-order valence-corrected chi connectivity index (χ0v) is 16.1. The van der Waals surface area contributed by atoms with Crippen LogP contribution in [0.1, 0.15) is 31.7 Å². The Morgan fingerprint density at radius 3 is 2.72 bits per heavy atom. The van der Waals surface area contributed by atoms with E-state index in [1.165, 1.54) is 12.3 Å². The Morgan fingerprint density at radius 1 is 1.28 bits per heavy atom. The van der Waals surface area contributed by atoms with Crippen molar-refractivity contribution in [2.75, 3.05) is 18.0 Å². The van der Waals surface area contributed by atoms with Crippen LogP contribution in [0.3, 0.4) is 0 Å². The van der Waals surface area contributed by atoms with Crippen molar-refractivity contribution in [2.24, 2.45) is 11.8 Å². The highest BCUT2D eigenvalue weighted by molar-refractivity contribution is 5.94. The first-order chi connectivity index (χ1) is 13.7. The summed E-state index contributed by atoms with van der Waals surface area (Å²) in [6, 6.07) is 5.67. The molecule has 1 aromatic carbocycles. The molecule has 1 aliphatic carbocycles. The number of carbonyl (C=O) groups excluding carboxylic acids is 1. The summed E-state index contributed by atoms with van der Waals surface area (Å²) in [6.45, 7) is 3.20. The van der Waals surface area contributed by atoms with Gasteiger partial charge in [0, 0.05) is 36.4 Å². The number of benzene rings is 1. The molecule has 4 rings (SSSR count). The number of hydrogen-bond donors (Lipinski definition) is 2. The second-order valence-electron chi connectivity index (χ2n) is 8.26. The molecule has 0 radical (unpaired) electrons. The molecule has 2 N–H and O–H groups in total. The van der Waals surface area contributed by atoms with E-state index in [2.05, 4.69) is 10.3 Å². The fraction of sp³-hybridized carbons (Fsp3) is 0.524. The van der Waals surface area contributed by atoms with E-state index in [4.69, 9.17) is 0 Å². The Morgan fingerprint density at radius 2 is 2.03 bits per heavy atom. The molecule has 5 nitrogen and oxygen atoms in total. The first kappa shape index (κ1) is 19.9. The number of aromatic nitrogens is 1. The standard InChI is InChI=1S/C21H24F3N3O2/c1-12-9-14(26-20(29)19(28)13-4-5-13)11-27(10-12)17-7-6-16(21(22,23)24)18-15(17)3-2-8-25-18/h2-3,6-8,12-14,19,28H,4-5,9-11H2,1H3,(H,26,29)/t12-,14-,19?/m1/s1. The molecule has 0 spiro atoms. The number of nitrogens with zero attached hydrogens (tertiary/aromatic N) is 2. The zero-order valence-electron chi connectivity index (χ0n) is 16.1. The summed E-state index contributed by atoms with van der Waals surface area (Å²) in [6.07, 6.45) is -1.59. The van der Waals surface area contributed by atoms with E-state index >= 15 is 0 Å². The Hall–Kier alpha value is -2.35. The number of carbonyl (C=O) groups is 1. The minimum atomic E-state index is -4.48. The van der Waals surface area contributed by atoms with Crippen LogP contribution in [0.15, 0.2) is 30.5 Å². The van der Waals surface area contributed by atoms with Crippen molar-refractivity contribution in [1.82, 2.24) is 10.3 Å². The number of nitrogens with one attached hydrogen (secondary N) is 1. The van der Waals surface area contributed by atoms with Crippen LogP contribution in [0.4, 0.5) is 18.9 Å². The molecule has 1 unspecified atom stereocenters. The number of pyridine rings is 1. The highest BCUT2D eigenvalue weighted by atomic mass is 19.4. The maximum Gasteiger partial charge on any atom is 0.418 e. The molecule has 156 valence electrons. The fourth-order valence-electron chi connectivity index (χ4n) is 4.23. The van der Waals surface area contributed by atoms with Crippen LogP contribution in [0.5, 0.6) is 0 Å². The lowest BCUT2D eigenvalue weighted by Gasteiger charge is -2.39. The molecule has 2 aliphatic rings. The molecule has 3 atom stereocenters. The average Bonchev–Trinajstić information content (AvgIpc) is 3.50. The van der Waals surface area contributed by atoms with Gasteiger partial charge in [-0.1, -0.05) is 6.92 Å².